The molecule has 0 radical (unpaired) electrons. The maximum Gasteiger partial charge on any atom is 0.164 e. The summed E-state index contributed by atoms with van der Waals surface area (Å²) >= 11 is 5.94. The molecule has 20 heavy (non-hydrogen) atoms. The van der Waals surface area contributed by atoms with Crippen molar-refractivity contribution in [2.24, 2.45) is 11.7 Å². The van der Waals surface area contributed by atoms with Crippen LogP contribution < -0.4 is 10.5 Å². The van der Waals surface area contributed by atoms with Gasteiger partial charge in [-0.05, 0) is 24.1 Å². The lowest BCUT2D eigenvalue weighted by atomic mass is 10.2. The Morgan fingerprint density at radius 2 is 2.20 bits per heavy atom. The third-order valence-corrected chi connectivity index (χ3v) is 3.07. The Morgan fingerprint density at radius 3 is 2.90 bits per heavy atom. The quantitative estimate of drug-likeness (QED) is 0.889. The third kappa shape index (κ3) is 3.71. The molecule has 0 spiro atoms. The molecule has 2 rings (SSSR count). The van der Waals surface area contributed by atoms with Crippen molar-refractivity contribution < 1.29 is 4.74 Å². The lowest BCUT2D eigenvalue weighted by Gasteiger charge is -2.12. The molecule has 0 unspecified atom stereocenters. The van der Waals surface area contributed by atoms with Crippen molar-refractivity contribution in [3.8, 4) is 5.75 Å². The van der Waals surface area contributed by atoms with Crippen LogP contribution in [0.1, 0.15) is 25.2 Å². The predicted octanol–water partition coefficient (Wildman–Crippen LogP) is 2.63. The Kier molecular flexibility index (Phi) is 4.98. The maximum absolute atomic E-state index is 5.94. The van der Waals surface area contributed by atoms with E-state index in [0.717, 1.165) is 23.7 Å². The molecule has 0 amide bonds. The van der Waals surface area contributed by atoms with Crippen LogP contribution in [0.4, 0.5) is 0 Å². The average Bonchev–Trinajstić information content (AvgIpc) is 2.83. The molecule has 1 aromatic carbocycles. The molecule has 0 aliphatic rings. The number of rotatable bonds is 6. The molecule has 0 aliphatic carbocycles. The van der Waals surface area contributed by atoms with Crippen molar-refractivity contribution in [1.82, 2.24) is 14.8 Å². The maximum atomic E-state index is 5.94. The summed E-state index contributed by atoms with van der Waals surface area (Å²) < 4.78 is 7.65. The molecule has 1 aromatic heterocycles. The second-order valence-corrected chi connectivity index (χ2v) is 5.43. The van der Waals surface area contributed by atoms with E-state index in [0.29, 0.717) is 24.1 Å². The van der Waals surface area contributed by atoms with Crippen molar-refractivity contribution in [1.29, 1.82) is 0 Å². The fraction of sp³-hybridized carbons (Fsp3) is 0.429. The monoisotopic (exact) mass is 294 g/mol. The third-order valence-electron chi connectivity index (χ3n) is 2.83. The van der Waals surface area contributed by atoms with E-state index < -0.39 is 0 Å². The summed E-state index contributed by atoms with van der Waals surface area (Å²) in [6, 6.07) is 5.43. The molecular weight excluding hydrogens is 276 g/mol. The zero-order chi connectivity index (χ0) is 14.5. The number of ether oxygens (including phenoxy) is 1. The number of hydrogen-bond donors (Lipinski definition) is 1. The second-order valence-electron chi connectivity index (χ2n) is 5.00. The molecule has 5 nitrogen and oxygen atoms in total. The van der Waals surface area contributed by atoms with Gasteiger partial charge in [-0.2, -0.15) is 5.10 Å². The van der Waals surface area contributed by atoms with E-state index in [1.807, 2.05) is 16.8 Å². The first kappa shape index (κ1) is 14.8. The minimum atomic E-state index is 0.362. The summed E-state index contributed by atoms with van der Waals surface area (Å²) in [6.45, 7) is 5.84. The molecule has 0 saturated carbocycles. The first-order valence-electron chi connectivity index (χ1n) is 6.58. The van der Waals surface area contributed by atoms with Crippen LogP contribution in [0.2, 0.25) is 5.02 Å². The molecule has 2 aromatic rings. The van der Waals surface area contributed by atoms with Crippen LogP contribution in [0.15, 0.2) is 24.5 Å². The van der Waals surface area contributed by atoms with Gasteiger partial charge >= 0.3 is 0 Å². The fourth-order valence-electron chi connectivity index (χ4n) is 1.89. The summed E-state index contributed by atoms with van der Waals surface area (Å²) in [5.41, 5.74) is 6.57. The second kappa shape index (κ2) is 6.72. The van der Waals surface area contributed by atoms with Crippen molar-refractivity contribution in [2.45, 2.75) is 33.5 Å². The summed E-state index contributed by atoms with van der Waals surface area (Å²) in [7, 11) is 0. The molecule has 0 bridgehead atoms. The van der Waals surface area contributed by atoms with Crippen LogP contribution in [0.5, 0.6) is 5.75 Å². The summed E-state index contributed by atoms with van der Waals surface area (Å²) in [5, 5.41) is 4.86. The van der Waals surface area contributed by atoms with Gasteiger partial charge in [0.1, 0.15) is 18.7 Å². The molecule has 0 atom stereocenters. The number of benzene rings is 1. The molecule has 2 N–H and O–H groups in total. The summed E-state index contributed by atoms with van der Waals surface area (Å²) in [4.78, 5) is 4.23. The minimum Gasteiger partial charge on any atom is -0.485 e. The van der Waals surface area contributed by atoms with Crippen LogP contribution in [-0.2, 0) is 19.7 Å². The van der Waals surface area contributed by atoms with E-state index in [9.17, 15) is 0 Å². The zero-order valence-electron chi connectivity index (χ0n) is 11.7. The standard InChI is InChI=1S/C14H19ClN4O/c1-10(2)7-19-14(17-9-18-19)8-20-13-4-3-12(15)5-11(13)6-16/h3-5,9-10H,6-8,16H2,1-2H3. The molecule has 0 saturated heterocycles. The highest BCUT2D eigenvalue weighted by Crippen LogP contribution is 2.23. The Balaban J connectivity index is 2.07. The Labute approximate surface area is 123 Å². The van der Waals surface area contributed by atoms with Crippen LogP contribution >= 0.6 is 11.6 Å². The average molecular weight is 295 g/mol. The first-order chi connectivity index (χ1) is 9.60. The van der Waals surface area contributed by atoms with Gasteiger partial charge in [0.05, 0.1) is 0 Å². The van der Waals surface area contributed by atoms with Crippen LogP contribution in [0.3, 0.4) is 0 Å². The highest BCUT2D eigenvalue weighted by atomic mass is 35.5. The molecule has 108 valence electrons. The van der Waals surface area contributed by atoms with Gasteiger partial charge in [0, 0.05) is 23.7 Å². The predicted molar refractivity (Wildman–Crippen MR) is 78.5 cm³/mol. The van der Waals surface area contributed by atoms with Crippen molar-refractivity contribution in [3.63, 3.8) is 0 Å². The molecular formula is C14H19ClN4O. The molecule has 0 fully saturated rings. The van der Waals surface area contributed by atoms with Crippen molar-refractivity contribution >= 4 is 11.6 Å². The first-order valence-corrected chi connectivity index (χ1v) is 6.96. The smallest absolute Gasteiger partial charge is 0.164 e. The van der Waals surface area contributed by atoms with Gasteiger partial charge in [-0.25, -0.2) is 9.67 Å². The van der Waals surface area contributed by atoms with Crippen LogP contribution in [-0.4, -0.2) is 14.8 Å². The normalized spacial score (nSPS) is 11.1. The largest absolute Gasteiger partial charge is 0.485 e. The number of nitrogens with two attached hydrogens (primary N) is 1. The van der Waals surface area contributed by atoms with Gasteiger partial charge in [0.25, 0.3) is 0 Å². The van der Waals surface area contributed by atoms with Crippen LogP contribution in [0.25, 0.3) is 0 Å². The highest BCUT2D eigenvalue weighted by Gasteiger charge is 2.09. The fourth-order valence-corrected chi connectivity index (χ4v) is 2.08. The highest BCUT2D eigenvalue weighted by molar-refractivity contribution is 6.30. The van der Waals surface area contributed by atoms with Gasteiger partial charge in [-0.1, -0.05) is 25.4 Å². The van der Waals surface area contributed by atoms with Crippen molar-refractivity contribution in [3.05, 3.63) is 40.9 Å². The van der Waals surface area contributed by atoms with Crippen LogP contribution in [0, 0.1) is 5.92 Å². The SMILES string of the molecule is CC(C)Cn1ncnc1COc1ccc(Cl)cc1CN. The van der Waals surface area contributed by atoms with E-state index >= 15 is 0 Å². The zero-order valence-corrected chi connectivity index (χ0v) is 12.5. The van der Waals surface area contributed by atoms with Gasteiger partial charge < -0.3 is 10.5 Å². The van der Waals surface area contributed by atoms with Crippen molar-refractivity contribution in [2.75, 3.05) is 0 Å². The minimum absolute atomic E-state index is 0.362. The van der Waals surface area contributed by atoms with Gasteiger partial charge in [0.15, 0.2) is 5.82 Å². The van der Waals surface area contributed by atoms with Gasteiger partial charge in [-0.15, -0.1) is 0 Å². The van der Waals surface area contributed by atoms with Gasteiger partial charge in [-0.3, -0.25) is 0 Å². The van der Waals surface area contributed by atoms with E-state index in [1.165, 1.54) is 0 Å². The van der Waals surface area contributed by atoms with Gasteiger partial charge in [0.2, 0.25) is 0 Å². The number of hydrogen-bond acceptors (Lipinski definition) is 4. The number of nitrogens with zero attached hydrogens (tertiary/aromatic N) is 3. The Bertz CT molecular complexity index is 568. The van der Waals surface area contributed by atoms with E-state index in [1.54, 1.807) is 12.4 Å². The number of halogens is 1. The Hall–Kier alpha value is -1.59. The summed E-state index contributed by atoms with van der Waals surface area (Å²) in [5.74, 6) is 2.04. The topological polar surface area (TPSA) is 66.0 Å². The summed E-state index contributed by atoms with van der Waals surface area (Å²) in [6.07, 6.45) is 1.55. The molecule has 0 aliphatic heterocycles. The number of aromatic nitrogens is 3. The van der Waals surface area contributed by atoms with E-state index in [4.69, 9.17) is 22.1 Å². The van der Waals surface area contributed by atoms with E-state index in [-0.39, 0.29) is 0 Å². The van der Waals surface area contributed by atoms with E-state index in [2.05, 4.69) is 23.9 Å². The lowest BCUT2D eigenvalue weighted by Crippen LogP contribution is -2.13. The lowest BCUT2D eigenvalue weighted by molar-refractivity contribution is 0.280. The Morgan fingerprint density at radius 1 is 1.40 bits per heavy atom. The molecule has 6 heteroatoms. The molecule has 1 heterocycles.